The molecule has 0 aliphatic heterocycles. The van der Waals surface area contributed by atoms with Gasteiger partial charge < -0.3 is 14.0 Å². The van der Waals surface area contributed by atoms with Crippen LogP contribution in [0.4, 0.5) is 25.8 Å². The third kappa shape index (κ3) is 4.24. The Morgan fingerprint density at radius 2 is 0.766 bits per heavy atom. The molecule has 0 saturated carbocycles. The molecule has 2 aromatic heterocycles. The molecule has 3 nitrogen and oxygen atoms in total. The van der Waals surface area contributed by atoms with E-state index in [1.54, 1.807) is 0 Å². The Bertz CT molecular complexity index is 2420. The first-order valence-corrected chi connectivity index (χ1v) is 15.6. The topological polar surface area (TPSA) is 13.1 Å². The van der Waals surface area contributed by atoms with Gasteiger partial charge in [0.2, 0.25) is 0 Å². The van der Waals surface area contributed by atoms with E-state index >= 15 is 0 Å². The lowest BCUT2D eigenvalue weighted by Gasteiger charge is -2.28. The largest absolute Gasteiger partial charge is 0.307 e. The fourth-order valence-corrected chi connectivity index (χ4v) is 7.06. The number of hydrogen-bond acceptors (Lipinski definition) is 1. The maximum absolute atomic E-state index is 14.2. The molecule has 2 heterocycles. The highest BCUT2D eigenvalue weighted by molar-refractivity contribution is 6.17. The highest BCUT2D eigenvalue weighted by Gasteiger charge is 2.25. The van der Waals surface area contributed by atoms with Crippen molar-refractivity contribution in [1.29, 1.82) is 0 Å². The molecule has 0 fully saturated rings. The third-order valence-corrected chi connectivity index (χ3v) is 9.01. The zero-order chi connectivity index (χ0) is 31.5. The van der Waals surface area contributed by atoms with Crippen molar-refractivity contribution in [2.24, 2.45) is 0 Å². The van der Waals surface area contributed by atoms with Gasteiger partial charge in [0.05, 0.1) is 33.4 Å². The van der Waals surface area contributed by atoms with Crippen LogP contribution >= 0.6 is 0 Å². The molecule has 0 aliphatic rings. The standard InChI is InChI=1S/C42H27F2N3/c43-28-20-24-31(25-21-28)46-37-16-6-4-12-33(37)35-14-8-18-39(41(35)46)45(30-10-2-1-3-11-30)40-19-9-15-36-34-13-5-7-17-38(34)47(42(36)40)32-26-22-29(44)23-27-32/h1-27H. The molecule has 0 saturated heterocycles. The van der Waals surface area contributed by atoms with E-state index in [9.17, 15) is 8.78 Å². The number of benzene rings is 7. The van der Waals surface area contributed by atoms with E-state index in [-0.39, 0.29) is 11.6 Å². The van der Waals surface area contributed by atoms with Crippen molar-refractivity contribution >= 4 is 60.7 Å². The van der Waals surface area contributed by atoms with Crippen LogP contribution in [0.5, 0.6) is 0 Å². The summed E-state index contributed by atoms with van der Waals surface area (Å²) >= 11 is 0. The summed E-state index contributed by atoms with van der Waals surface area (Å²) in [6.45, 7) is 0. The first-order valence-electron chi connectivity index (χ1n) is 15.6. The van der Waals surface area contributed by atoms with Gasteiger partial charge in [-0.15, -0.1) is 0 Å². The molecule has 0 atom stereocenters. The van der Waals surface area contributed by atoms with E-state index in [2.05, 4.69) is 99.0 Å². The van der Waals surface area contributed by atoms with Gasteiger partial charge in [-0.05, 0) is 84.9 Å². The van der Waals surface area contributed by atoms with Crippen LogP contribution < -0.4 is 4.90 Å². The van der Waals surface area contributed by atoms with Crippen molar-refractivity contribution in [1.82, 2.24) is 9.13 Å². The summed E-state index contributed by atoms with van der Waals surface area (Å²) in [5, 5.41) is 4.41. The molecule has 0 aliphatic carbocycles. The third-order valence-electron chi connectivity index (χ3n) is 9.01. The SMILES string of the molecule is Fc1ccc(-n2c3ccccc3c3cccc(N(c4ccccc4)c4cccc5c6ccccc6n(-c6ccc(F)cc6)c45)c32)cc1. The smallest absolute Gasteiger partial charge is 0.123 e. The molecule has 9 aromatic rings. The van der Waals surface area contributed by atoms with E-state index in [0.717, 1.165) is 72.0 Å². The first-order chi connectivity index (χ1) is 23.2. The molecule has 47 heavy (non-hydrogen) atoms. The molecule has 9 rings (SSSR count). The van der Waals surface area contributed by atoms with Gasteiger partial charge in [0, 0.05) is 38.6 Å². The Morgan fingerprint density at radius 1 is 0.362 bits per heavy atom. The summed E-state index contributed by atoms with van der Waals surface area (Å²) in [5.74, 6) is -0.554. The van der Waals surface area contributed by atoms with Crippen LogP contribution in [0.15, 0.2) is 164 Å². The maximum atomic E-state index is 14.2. The summed E-state index contributed by atoms with van der Waals surface area (Å²) in [5.41, 5.74) is 8.75. The van der Waals surface area contributed by atoms with Crippen molar-refractivity contribution in [2.75, 3.05) is 4.90 Å². The Kier molecular flexibility index (Phi) is 6.18. The lowest BCUT2D eigenvalue weighted by Crippen LogP contribution is -2.13. The van der Waals surface area contributed by atoms with Gasteiger partial charge in [0.25, 0.3) is 0 Å². The Hall–Kier alpha value is -6.20. The molecule has 7 aromatic carbocycles. The molecule has 0 unspecified atom stereocenters. The highest BCUT2D eigenvalue weighted by Crippen LogP contribution is 2.47. The molecule has 0 amide bonds. The van der Waals surface area contributed by atoms with Gasteiger partial charge in [-0.25, -0.2) is 8.78 Å². The number of rotatable bonds is 5. The second kappa shape index (κ2) is 10.7. The minimum Gasteiger partial charge on any atom is -0.307 e. The number of halogens is 2. The van der Waals surface area contributed by atoms with Crippen LogP contribution in [0, 0.1) is 11.6 Å². The average Bonchev–Trinajstić information content (AvgIpc) is 3.64. The number of aromatic nitrogens is 2. The lowest BCUT2D eigenvalue weighted by molar-refractivity contribution is 0.627. The molecule has 0 bridgehead atoms. The first kappa shape index (κ1) is 27.1. The second-order valence-electron chi connectivity index (χ2n) is 11.7. The Morgan fingerprint density at radius 3 is 1.23 bits per heavy atom. The van der Waals surface area contributed by atoms with Gasteiger partial charge in [-0.1, -0.05) is 78.9 Å². The van der Waals surface area contributed by atoms with E-state index in [1.165, 1.54) is 24.3 Å². The van der Waals surface area contributed by atoms with Crippen LogP contribution in [0.1, 0.15) is 0 Å². The van der Waals surface area contributed by atoms with Gasteiger partial charge in [-0.3, -0.25) is 0 Å². The predicted molar refractivity (Wildman–Crippen MR) is 190 cm³/mol. The van der Waals surface area contributed by atoms with Crippen molar-refractivity contribution < 1.29 is 8.78 Å². The van der Waals surface area contributed by atoms with Gasteiger partial charge in [0.15, 0.2) is 0 Å². The number of fused-ring (bicyclic) bond motifs is 6. The number of para-hydroxylation sites is 5. The van der Waals surface area contributed by atoms with Crippen LogP contribution in [-0.4, -0.2) is 9.13 Å². The maximum Gasteiger partial charge on any atom is 0.123 e. The molecular formula is C42H27F2N3. The fraction of sp³-hybridized carbons (Fsp3) is 0. The van der Waals surface area contributed by atoms with E-state index < -0.39 is 0 Å². The Labute approximate surface area is 269 Å². The van der Waals surface area contributed by atoms with Gasteiger partial charge in [0.1, 0.15) is 11.6 Å². The predicted octanol–water partition coefficient (Wildman–Crippen LogP) is 11.6. The molecule has 0 N–H and O–H groups in total. The highest BCUT2D eigenvalue weighted by atomic mass is 19.1. The summed E-state index contributed by atoms with van der Waals surface area (Å²) in [7, 11) is 0. The molecule has 224 valence electrons. The molecule has 0 spiro atoms. The summed E-state index contributed by atoms with van der Waals surface area (Å²) in [6.07, 6.45) is 0. The van der Waals surface area contributed by atoms with Crippen LogP contribution in [0.25, 0.3) is 55.0 Å². The minimum absolute atomic E-state index is 0.277. The summed E-state index contributed by atoms with van der Waals surface area (Å²) < 4.78 is 32.9. The fourth-order valence-electron chi connectivity index (χ4n) is 7.06. The quantitative estimate of drug-likeness (QED) is 0.189. The summed E-state index contributed by atoms with van der Waals surface area (Å²) in [6, 6.07) is 53.2. The van der Waals surface area contributed by atoms with E-state index in [0.29, 0.717) is 0 Å². The van der Waals surface area contributed by atoms with Crippen LogP contribution in [-0.2, 0) is 0 Å². The van der Waals surface area contributed by atoms with Crippen molar-refractivity contribution in [3.05, 3.63) is 175 Å². The number of nitrogens with zero attached hydrogens (tertiary/aromatic N) is 3. The number of anilines is 3. The number of hydrogen-bond donors (Lipinski definition) is 0. The second-order valence-corrected chi connectivity index (χ2v) is 11.7. The van der Waals surface area contributed by atoms with Crippen molar-refractivity contribution in [3.8, 4) is 11.4 Å². The zero-order valence-electron chi connectivity index (χ0n) is 25.2. The van der Waals surface area contributed by atoms with Crippen LogP contribution in [0.3, 0.4) is 0 Å². The van der Waals surface area contributed by atoms with Crippen molar-refractivity contribution in [3.63, 3.8) is 0 Å². The zero-order valence-corrected chi connectivity index (χ0v) is 25.2. The van der Waals surface area contributed by atoms with Gasteiger partial charge >= 0.3 is 0 Å². The van der Waals surface area contributed by atoms with E-state index in [4.69, 9.17) is 0 Å². The Balaban J connectivity index is 1.44. The van der Waals surface area contributed by atoms with E-state index in [1.807, 2.05) is 54.6 Å². The molecule has 0 radical (unpaired) electrons. The average molecular weight is 612 g/mol. The minimum atomic E-state index is -0.277. The van der Waals surface area contributed by atoms with Crippen LogP contribution in [0.2, 0.25) is 0 Å². The lowest BCUT2D eigenvalue weighted by atomic mass is 10.1. The van der Waals surface area contributed by atoms with Crippen molar-refractivity contribution in [2.45, 2.75) is 0 Å². The monoisotopic (exact) mass is 611 g/mol. The molecule has 5 heteroatoms. The molecular weight excluding hydrogens is 584 g/mol. The summed E-state index contributed by atoms with van der Waals surface area (Å²) in [4.78, 5) is 2.31. The van der Waals surface area contributed by atoms with Gasteiger partial charge in [-0.2, -0.15) is 0 Å². The normalized spacial score (nSPS) is 11.6.